The molecule has 0 saturated heterocycles. The number of urea groups is 1. The van der Waals surface area contributed by atoms with Gasteiger partial charge in [0.2, 0.25) is 5.91 Å². The normalized spacial score (nSPS) is 11.6. The summed E-state index contributed by atoms with van der Waals surface area (Å²) in [4.78, 5) is 25.0. The van der Waals surface area contributed by atoms with Crippen molar-refractivity contribution >= 4 is 34.9 Å². The Kier molecular flexibility index (Phi) is 7.07. The lowest BCUT2D eigenvalue weighted by molar-refractivity contribution is -0.118. The third-order valence-electron chi connectivity index (χ3n) is 4.01. The van der Waals surface area contributed by atoms with Crippen LogP contribution >= 0.6 is 11.6 Å². The van der Waals surface area contributed by atoms with Gasteiger partial charge in [-0.1, -0.05) is 43.6 Å². The first kappa shape index (κ1) is 20.6. The van der Waals surface area contributed by atoms with Crippen LogP contribution in [0, 0.1) is 12.8 Å². The number of hydrogen-bond acceptors (Lipinski definition) is 3. The topological polar surface area (TPSA) is 79.5 Å². The number of rotatable bonds is 6. The Bertz CT molecular complexity index is 810. The standard InChI is InChI=1S/C20H24ClN3O3/c1-12(2)18(24-20(26)22-14-8-6-5-7-9-14)19(25)23-16-10-13(3)15(21)11-17(16)27-4/h5-12,18H,1-4H3,(H,23,25)(H2,22,24,26). The van der Waals surface area contributed by atoms with E-state index in [1.807, 2.05) is 39.0 Å². The molecule has 27 heavy (non-hydrogen) atoms. The van der Waals surface area contributed by atoms with Crippen LogP contribution in [-0.2, 0) is 4.79 Å². The maximum atomic E-state index is 12.8. The zero-order valence-electron chi connectivity index (χ0n) is 15.8. The summed E-state index contributed by atoms with van der Waals surface area (Å²) in [7, 11) is 1.50. The van der Waals surface area contributed by atoms with E-state index in [4.69, 9.17) is 16.3 Å². The summed E-state index contributed by atoms with van der Waals surface area (Å²) in [6, 6.07) is 11.2. The van der Waals surface area contributed by atoms with Crippen molar-refractivity contribution in [3.05, 3.63) is 53.1 Å². The van der Waals surface area contributed by atoms with Crippen LogP contribution in [0.5, 0.6) is 5.75 Å². The average Bonchev–Trinajstić information content (AvgIpc) is 2.63. The predicted octanol–water partition coefficient (Wildman–Crippen LogP) is 4.44. The molecule has 0 heterocycles. The summed E-state index contributed by atoms with van der Waals surface area (Å²) in [6.07, 6.45) is 0. The van der Waals surface area contributed by atoms with E-state index < -0.39 is 12.1 Å². The van der Waals surface area contributed by atoms with E-state index in [1.54, 1.807) is 24.3 Å². The van der Waals surface area contributed by atoms with Gasteiger partial charge < -0.3 is 20.7 Å². The number of ether oxygens (including phenoxy) is 1. The van der Waals surface area contributed by atoms with Gasteiger partial charge >= 0.3 is 6.03 Å². The minimum Gasteiger partial charge on any atom is -0.495 e. The van der Waals surface area contributed by atoms with Gasteiger partial charge in [-0.2, -0.15) is 0 Å². The molecule has 0 aliphatic carbocycles. The van der Waals surface area contributed by atoms with Crippen LogP contribution < -0.4 is 20.7 Å². The number of benzene rings is 2. The van der Waals surface area contributed by atoms with Crippen LogP contribution in [0.2, 0.25) is 5.02 Å². The number of para-hydroxylation sites is 1. The second kappa shape index (κ2) is 9.28. The number of halogens is 1. The van der Waals surface area contributed by atoms with Crippen molar-refractivity contribution in [3.63, 3.8) is 0 Å². The van der Waals surface area contributed by atoms with Crippen molar-refractivity contribution in [1.29, 1.82) is 0 Å². The molecule has 0 aliphatic rings. The highest BCUT2D eigenvalue weighted by Gasteiger charge is 2.25. The predicted molar refractivity (Wildman–Crippen MR) is 109 cm³/mol. The number of amides is 3. The number of hydrogen-bond donors (Lipinski definition) is 3. The molecule has 7 heteroatoms. The Labute approximate surface area is 164 Å². The largest absolute Gasteiger partial charge is 0.495 e. The molecule has 144 valence electrons. The molecule has 2 aromatic carbocycles. The molecular formula is C20H24ClN3O3. The third kappa shape index (κ3) is 5.62. The maximum absolute atomic E-state index is 12.8. The summed E-state index contributed by atoms with van der Waals surface area (Å²) in [5, 5.41) is 8.79. The molecule has 0 saturated carbocycles. The second-order valence-corrected chi connectivity index (χ2v) is 6.88. The van der Waals surface area contributed by atoms with Gasteiger partial charge in [-0.3, -0.25) is 4.79 Å². The second-order valence-electron chi connectivity index (χ2n) is 6.48. The number of nitrogens with one attached hydrogen (secondary N) is 3. The molecule has 2 rings (SSSR count). The van der Waals surface area contributed by atoms with E-state index >= 15 is 0 Å². The molecule has 2 aromatic rings. The molecule has 6 nitrogen and oxygen atoms in total. The van der Waals surface area contributed by atoms with E-state index in [2.05, 4.69) is 16.0 Å². The summed E-state index contributed by atoms with van der Waals surface area (Å²) < 4.78 is 5.28. The number of aryl methyl sites for hydroxylation is 1. The Balaban J connectivity index is 2.11. The third-order valence-corrected chi connectivity index (χ3v) is 4.41. The van der Waals surface area contributed by atoms with Crippen molar-refractivity contribution in [2.75, 3.05) is 17.7 Å². The lowest BCUT2D eigenvalue weighted by atomic mass is 10.0. The van der Waals surface area contributed by atoms with Gasteiger partial charge in [0, 0.05) is 16.8 Å². The minimum absolute atomic E-state index is 0.120. The fourth-order valence-electron chi connectivity index (χ4n) is 2.51. The van der Waals surface area contributed by atoms with Crippen molar-refractivity contribution in [2.24, 2.45) is 5.92 Å². The van der Waals surface area contributed by atoms with E-state index in [0.717, 1.165) is 5.56 Å². The van der Waals surface area contributed by atoms with Crippen LogP contribution in [0.4, 0.5) is 16.2 Å². The minimum atomic E-state index is -0.727. The average molecular weight is 390 g/mol. The van der Waals surface area contributed by atoms with Gasteiger partial charge in [-0.15, -0.1) is 0 Å². The van der Waals surface area contributed by atoms with Gasteiger partial charge in [0.15, 0.2) is 0 Å². The van der Waals surface area contributed by atoms with E-state index in [0.29, 0.717) is 22.1 Å². The van der Waals surface area contributed by atoms with Crippen LogP contribution in [-0.4, -0.2) is 25.1 Å². The fourth-order valence-corrected chi connectivity index (χ4v) is 2.66. The first-order valence-corrected chi connectivity index (χ1v) is 8.97. The quantitative estimate of drug-likeness (QED) is 0.683. The highest BCUT2D eigenvalue weighted by molar-refractivity contribution is 6.31. The van der Waals surface area contributed by atoms with Crippen LogP contribution in [0.1, 0.15) is 19.4 Å². The van der Waals surface area contributed by atoms with Gasteiger partial charge in [-0.25, -0.2) is 4.79 Å². The molecule has 0 bridgehead atoms. The SMILES string of the molecule is COc1cc(Cl)c(C)cc1NC(=O)C(NC(=O)Nc1ccccc1)C(C)C. The zero-order valence-corrected chi connectivity index (χ0v) is 16.6. The Hall–Kier alpha value is -2.73. The van der Waals surface area contributed by atoms with Crippen molar-refractivity contribution in [3.8, 4) is 5.75 Å². The van der Waals surface area contributed by atoms with Crippen molar-refractivity contribution < 1.29 is 14.3 Å². The summed E-state index contributed by atoms with van der Waals surface area (Å²) in [6.45, 7) is 5.55. The van der Waals surface area contributed by atoms with E-state index in [1.165, 1.54) is 7.11 Å². The number of anilines is 2. The lowest BCUT2D eigenvalue weighted by Gasteiger charge is -2.23. The van der Waals surface area contributed by atoms with Gasteiger partial charge in [0.25, 0.3) is 0 Å². The molecule has 0 radical (unpaired) electrons. The molecule has 0 spiro atoms. The summed E-state index contributed by atoms with van der Waals surface area (Å²) in [5.41, 5.74) is 1.96. The summed E-state index contributed by atoms with van der Waals surface area (Å²) >= 11 is 6.10. The number of carbonyl (C=O) groups is 2. The zero-order chi connectivity index (χ0) is 20.0. The summed E-state index contributed by atoms with van der Waals surface area (Å²) in [5.74, 6) is -0.00524. The molecule has 0 aromatic heterocycles. The smallest absolute Gasteiger partial charge is 0.319 e. The number of methoxy groups -OCH3 is 1. The Morgan fingerprint density at radius 1 is 1.07 bits per heavy atom. The van der Waals surface area contributed by atoms with Gasteiger partial charge in [0.1, 0.15) is 11.8 Å². The van der Waals surface area contributed by atoms with Crippen molar-refractivity contribution in [1.82, 2.24) is 5.32 Å². The molecular weight excluding hydrogens is 366 g/mol. The Morgan fingerprint density at radius 3 is 2.33 bits per heavy atom. The number of carbonyl (C=O) groups excluding carboxylic acids is 2. The molecule has 0 fully saturated rings. The first-order valence-electron chi connectivity index (χ1n) is 8.59. The van der Waals surface area contributed by atoms with Crippen LogP contribution in [0.3, 0.4) is 0 Å². The highest BCUT2D eigenvalue weighted by atomic mass is 35.5. The molecule has 3 amide bonds. The molecule has 1 atom stereocenters. The Morgan fingerprint density at radius 2 is 1.74 bits per heavy atom. The molecule has 0 aliphatic heterocycles. The lowest BCUT2D eigenvalue weighted by Crippen LogP contribution is -2.48. The van der Waals surface area contributed by atoms with Crippen molar-refractivity contribution in [2.45, 2.75) is 26.8 Å². The van der Waals surface area contributed by atoms with Crippen LogP contribution in [0.25, 0.3) is 0 Å². The molecule has 1 unspecified atom stereocenters. The van der Waals surface area contributed by atoms with Gasteiger partial charge in [-0.05, 0) is 36.6 Å². The van der Waals surface area contributed by atoms with E-state index in [9.17, 15) is 9.59 Å². The fraction of sp³-hybridized carbons (Fsp3) is 0.300. The first-order chi connectivity index (χ1) is 12.8. The molecule has 3 N–H and O–H groups in total. The highest BCUT2D eigenvalue weighted by Crippen LogP contribution is 2.31. The monoisotopic (exact) mass is 389 g/mol. The van der Waals surface area contributed by atoms with E-state index in [-0.39, 0.29) is 11.8 Å². The maximum Gasteiger partial charge on any atom is 0.319 e. The van der Waals surface area contributed by atoms with Gasteiger partial charge in [0.05, 0.1) is 12.8 Å². The van der Waals surface area contributed by atoms with Crippen LogP contribution in [0.15, 0.2) is 42.5 Å².